The van der Waals surface area contributed by atoms with Gasteiger partial charge in [0.15, 0.2) is 0 Å². The van der Waals surface area contributed by atoms with E-state index in [1.54, 1.807) is 0 Å². The second kappa shape index (κ2) is 9.61. The van der Waals surface area contributed by atoms with Crippen LogP contribution in [0.2, 0.25) is 0 Å². The average molecular weight is 484 g/mol. The minimum atomic E-state index is -4.96. The van der Waals surface area contributed by atoms with Crippen LogP contribution in [0.4, 0.5) is 13.2 Å². The standard InChI is InChI=1S/C21H9B7F3N3O3/c22-14-9(2-4-12(15(14)23)37-21(29,30)31)8-1-3-11-10(5-8)19(35)34(7-20(27,28)36-11)6-13-32-17(25)16(24)18(26)33-13/h1-5H,6-7H2. The van der Waals surface area contributed by atoms with E-state index in [0.29, 0.717) is 5.56 Å². The number of hydrogen-bond acceptors (Lipinski definition) is 5. The van der Waals surface area contributed by atoms with Crippen LogP contribution in [0.3, 0.4) is 0 Å². The Labute approximate surface area is 220 Å². The second-order valence-electron chi connectivity index (χ2n) is 8.24. The summed E-state index contributed by atoms with van der Waals surface area (Å²) in [5.41, 5.74) is -0.130. The van der Waals surface area contributed by atoms with Crippen LogP contribution in [0.15, 0.2) is 30.3 Å². The highest BCUT2D eigenvalue weighted by Crippen LogP contribution is 2.32. The molecule has 14 radical (unpaired) electrons. The monoisotopic (exact) mass is 485 g/mol. The van der Waals surface area contributed by atoms with Crippen LogP contribution in [-0.2, 0) is 6.54 Å². The number of rotatable bonds is 4. The van der Waals surface area contributed by atoms with E-state index in [1.807, 2.05) is 0 Å². The Hall–Kier alpha value is -3.17. The van der Waals surface area contributed by atoms with Crippen LogP contribution >= 0.6 is 0 Å². The summed E-state index contributed by atoms with van der Waals surface area (Å²) in [5, 5.41) is -1.80. The third kappa shape index (κ3) is 5.73. The number of hydrogen-bond donors (Lipinski definition) is 0. The van der Waals surface area contributed by atoms with E-state index < -0.39 is 28.9 Å². The molecule has 2 heterocycles. The van der Waals surface area contributed by atoms with Gasteiger partial charge in [-0.1, -0.05) is 28.5 Å². The van der Waals surface area contributed by atoms with Crippen molar-refractivity contribution < 1.29 is 27.4 Å². The molecule has 3 aromatic rings. The van der Waals surface area contributed by atoms with Crippen LogP contribution < -0.4 is 37.0 Å². The minimum absolute atomic E-state index is 0.000209. The van der Waals surface area contributed by atoms with Gasteiger partial charge in [-0.3, -0.25) is 4.79 Å². The molecule has 1 amide bonds. The number of benzene rings is 2. The number of halogens is 3. The molecule has 0 unspecified atom stereocenters. The van der Waals surface area contributed by atoms with E-state index >= 15 is 0 Å². The van der Waals surface area contributed by atoms with Gasteiger partial charge in [0, 0.05) is 11.9 Å². The summed E-state index contributed by atoms with van der Waals surface area (Å²) in [6, 6.07) is 6.64. The fraction of sp³-hybridized carbons (Fsp3) is 0.190. The number of amides is 1. The number of fused-ring (bicyclic) bond motifs is 1. The molecule has 37 heavy (non-hydrogen) atoms. The van der Waals surface area contributed by atoms with E-state index in [1.165, 1.54) is 29.2 Å². The fourth-order valence-corrected chi connectivity index (χ4v) is 3.74. The molecule has 0 N–H and O–H groups in total. The van der Waals surface area contributed by atoms with Gasteiger partial charge in [-0.25, -0.2) is 9.97 Å². The Morgan fingerprint density at radius 1 is 0.946 bits per heavy atom. The lowest BCUT2D eigenvalue weighted by Crippen LogP contribution is -2.49. The number of carbonyl (C=O) groups is 1. The van der Waals surface area contributed by atoms with Crippen molar-refractivity contribution in [3.8, 4) is 22.6 Å². The summed E-state index contributed by atoms with van der Waals surface area (Å²) >= 11 is 0. The number of alkyl halides is 3. The summed E-state index contributed by atoms with van der Waals surface area (Å²) in [6.07, 6.45) is -4.96. The molecule has 2 aromatic carbocycles. The molecule has 6 nitrogen and oxygen atoms in total. The molecule has 0 spiro atoms. The fourth-order valence-electron chi connectivity index (χ4n) is 3.74. The van der Waals surface area contributed by atoms with E-state index in [-0.39, 0.29) is 57.9 Å². The topological polar surface area (TPSA) is 64.6 Å². The highest BCUT2D eigenvalue weighted by Gasteiger charge is 2.34. The predicted octanol–water partition coefficient (Wildman–Crippen LogP) is -2.96. The lowest BCUT2D eigenvalue weighted by Gasteiger charge is -2.30. The molecular formula is C21H9B7F3N3O3. The molecule has 1 aromatic heterocycles. The highest BCUT2D eigenvalue weighted by atomic mass is 19.4. The zero-order chi connectivity index (χ0) is 27.3. The minimum Gasteiger partial charge on any atom is -0.504 e. The summed E-state index contributed by atoms with van der Waals surface area (Å²) in [4.78, 5) is 22.8. The molecule has 4 rings (SSSR count). The Morgan fingerprint density at radius 2 is 1.59 bits per heavy atom. The van der Waals surface area contributed by atoms with E-state index in [4.69, 9.17) is 59.7 Å². The summed E-state index contributed by atoms with van der Waals surface area (Å²) in [7, 11) is 41.1. The van der Waals surface area contributed by atoms with Gasteiger partial charge in [0.1, 0.15) is 72.2 Å². The van der Waals surface area contributed by atoms with Gasteiger partial charge in [-0.2, -0.15) is 0 Å². The van der Waals surface area contributed by atoms with Crippen molar-refractivity contribution in [1.29, 1.82) is 0 Å². The second-order valence-corrected chi connectivity index (χ2v) is 8.24. The van der Waals surface area contributed by atoms with Crippen LogP contribution in [0, 0.1) is 0 Å². The maximum absolute atomic E-state index is 13.5. The third-order valence-electron chi connectivity index (χ3n) is 5.40. The SMILES string of the molecule is [B]c1nc(CN2CC([B])([B])Oc3ccc(-c4ccc(OC(F)(F)F)c([B])c4[B])cc3C2=O)nc([B])c1[B]. The lowest BCUT2D eigenvalue weighted by atomic mass is 9.65. The van der Waals surface area contributed by atoms with Crippen molar-refractivity contribution in [2.24, 2.45) is 0 Å². The van der Waals surface area contributed by atoms with E-state index in [9.17, 15) is 18.0 Å². The molecule has 0 fully saturated rings. The molecule has 0 aliphatic carbocycles. The van der Waals surface area contributed by atoms with Gasteiger partial charge in [0.05, 0.1) is 12.1 Å². The maximum atomic E-state index is 13.5. The van der Waals surface area contributed by atoms with Gasteiger partial charge in [0.25, 0.3) is 5.91 Å². The number of aromatic nitrogens is 2. The first kappa shape index (κ1) is 26.9. The van der Waals surface area contributed by atoms with E-state index in [2.05, 4.69) is 14.7 Å². The predicted molar refractivity (Wildman–Crippen MR) is 137 cm³/mol. The molecule has 0 saturated carbocycles. The highest BCUT2D eigenvalue weighted by molar-refractivity contribution is 6.55. The quantitative estimate of drug-likeness (QED) is 0.371. The van der Waals surface area contributed by atoms with Crippen molar-refractivity contribution in [3.05, 3.63) is 41.7 Å². The van der Waals surface area contributed by atoms with Gasteiger partial charge < -0.3 is 14.4 Å². The summed E-state index contributed by atoms with van der Waals surface area (Å²) in [5.74, 6) is -1.10. The largest absolute Gasteiger partial charge is 0.573 e. The van der Waals surface area contributed by atoms with Crippen LogP contribution in [0.5, 0.6) is 11.5 Å². The Bertz CT molecular complexity index is 1380. The first-order valence-corrected chi connectivity index (χ1v) is 10.5. The molecule has 168 valence electrons. The summed E-state index contributed by atoms with van der Waals surface area (Å²) < 4.78 is 47.5. The van der Waals surface area contributed by atoms with Crippen molar-refractivity contribution in [3.63, 3.8) is 0 Å². The van der Waals surface area contributed by atoms with Gasteiger partial charge in [-0.15, -0.1) is 13.2 Å². The Kier molecular flexibility index (Phi) is 6.99. The average Bonchev–Trinajstić information content (AvgIpc) is 2.87. The van der Waals surface area contributed by atoms with E-state index in [0.717, 1.165) is 6.07 Å². The van der Waals surface area contributed by atoms with Crippen molar-refractivity contribution in [2.75, 3.05) is 6.54 Å². The molecule has 0 saturated heterocycles. The first-order chi connectivity index (χ1) is 17.1. The number of carbonyl (C=O) groups excluding carboxylic acids is 1. The molecule has 0 atom stereocenters. The molecule has 1 aliphatic rings. The van der Waals surface area contributed by atoms with Crippen molar-refractivity contribution >= 4 is 88.4 Å². The zero-order valence-electron chi connectivity index (χ0n) is 19.0. The molecule has 16 heteroatoms. The molecular weight excluding hydrogens is 475 g/mol. The van der Waals surface area contributed by atoms with Gasteiger partial charge >= 0.3 is 6.36 Å². The zero-order valence-corrected chi connectivity index (χ0v) is 19.0. The Balaban J connectivity index is 1.73. The Morgan fingerprint density at radius 3 is 2.22 bits per heavy atom. The molecule has 0 bridgehead atoms. The first-order valence-electron chi connectivity index (χ1n) is 10.5. The van der Waals surface area contributed by atoms with Crippen molar-refractivity contribution in [2.45, 2.75) is 18.3 Å². The lowest BCUT2D eigenvalue weighted by molar-refractivity contribution is -0.274. The smallest absolute Gasteiger partial charge is 0.504 e. The van der Waals surface area contributed by atoms with Crippen LogP contribution in [0.25, 0.3) is 11.1 Å². The summed E-state index contributed by atoms with van der Waals surface area (Å²) in [6.45, 7) is -0.475. The van der Waals surface area contributed by atoms with Crippen LogP contribution in [-0.4, -0.2) is 94.0 Å². The van der Waals surface area contributed by atoms with Gasteiger partial charge in [-0.05, 0) is 40.5 Å². The van der Waals surface area contributed by atoms with Crippen LogP contribution in [0.1, 0.15) is 16.2 Å². The van der Waals surface area contributed by atoms with Crippen molar-refractivity contribution in [1.82, 2.24) is 14.9 Å². The molecule has 1 aliphatic heterocycles. The normalized spacial score (nSPS) is 15.0. The number of ether oxygens (including phenoxy) is 2. The maximum Gasteiger partial charge on any atom is 0.573 e. The third-order valence-corrected chi connectivity index (χ3v) is 5.40. The van der Waals surface area contributed by atoms with Gasteiger partial charge in [0.2, 0.25) is 0 Å². The number of nitrogens with zero attached hydrogens (tertiary/aromatic N) is 3.